The Bertz CT molecular complexity index is 967. The fourth-order valence-corrected chi connectivity index (χ4v) is 2.55. The van der Waals surface area contributed by atoms with E-state index in [9.17, 15) is 14.0 Å². The lowest BCUT2D eigenvalue weighted by Crippen LogP contribution is -2.16. The van der Waals surface area contributed by atoms with E-state index in [-0.39, 0.29) is 41.2 Å². The normalized spacial score (nSPS) is 10.7. The van der Waals surface area contributed by atoms with Crippen LogP contribution in [0.15, 0.2) is 42.7 Å². The quantitative estimate of drug-likeness (QED) is 0.644. The number of hydrogen-bond acceptors (Lipinski definition) is 4. The zero-order chi connectivity index (χ0) is 19.4. The number of carbonyl (C=O) groups is 2. The number of carboxylic acid groups (broad SMARTS) is 1. The van der Waals surface area contributed by atoms with Crippen LogP contribution >= 0.6 is 11.6 Å². The molecule has 3 rings (SSSR count). The molecule has 0 aliphatic heterocycles. The van der Waals surface area contributed by atoms with Gasteiger partial charge in [-0.25, -0.2) is 9.18 Å². The number of benzene rings is 1. The lowest BCUT2D eigenvalue weighted by molar-refractivity contribution is -0.116. The lowest BCUT2D eigenvalue weighted by Gasteiger charge is -2.04. The number of rotatable bonds is 7. The second kappa shape index (κ2) is 8.00. The third kappa shape index (κ3) is 4.91. The number of halogens is 2. The Labute approximate surface area is 158 Å². The van der Waals surface area contributed by atoms with E-state index in [1.165, 1.54) is 33.8 Å². The van der Waals surface area contributed by atoms with E-state index in [0.29, 0.717) is 6.54 Å². The third-order valence-corrected chi connectivity index (χ3v) is 3.94. The van der Waals surface area contributed by atoms with Gasteiger partial charge >= 0.3 is 5.97 Å². The molecule has 1 aromatic carbocycles. The van der Waals surface area contributed by atoms with Gasteiger partial charge in [-0.3, -0.25) is 14.2 Å². The summed E-state index contributed by atoms with van der Waals surface area (Å²) in [4.78, 5) is 22.8. The van der Waals surface area contributed by atoms with E-state index < -0.39 is 5.97 Å². The van der Waals surface area contributed by atoms with Gasteiger partial charge in [0.05, 0.1) is 6.54 Å². The van der Waals surface area contributed by atoms with Gasteiger partial charge in [0.25, 0.3) is 0 Å². The Kier molecular flexibility index (Phi) is 5.51. The smallest absolute Gasteiger partial charge is 0.356 e. The van der Waals surface area contributed by atoms with Gasteiger partial charge in [-0.15, -0.1) is 0 Å². The average Bonchev–Trinajstić information content (AvgIpc) is 3.22. The molecule has 0 saturated carbocycles. The summed E-state index contributed by atoms with van der Waals surface area (Å²) in [6, 6.07) is 7.34. The van der Waals surface area contributed by atoms with Crippen molar-refractivity contribution in [2.24, 2.45) is 0 Å². The molecule has 1 amide bonds. The van der Waals surface area contributed by atoms with Crippen LogP contribution in [0, 0.1) is 5.82 Å². The summed E-state index contributed by atoms with van der Waals surface area (Å²) in [7, 11) is 0. The van der Waals surface area contributed by atoms with Crippen LogP contribution in [0.4, 0.5) is 10.2 Å². The highest BCUT2D eigenvalue weighted by molar-refractivity contribution is 6.33. The topological polar surface area (TPSA) is 102 Å². The molecule has 0 bridgehead atoms. The van der Waals surface area contributed by atoms with Gasteiger partial charge in [0.15, 0.2) is 11.5 Å². The molecule has 0 saturated heterocycles. The summed E-state index contributed by atoms with van der Waals surface area (Å²) in [5, 5.41) is 19.7. The minimum atomic E-state index is -1.13. The number of nitrogens with zero attached hydrogens (tertiary/aromatic N) is 4. The van der Waals surface area contributed by atoms with Crippen LogP contribution in [0.1, 0.15) is 22.5 Å². The molecule has 2 aromatic heterocycles. The van der Waals surface area contributed by atoms with Crippen molar-refractivity contribution in [3.63, 3.8) is 0 Å². The molecule has 0 radical (unpaired) electrons. The minimum absolute atomic E-state index is 0.0713. The van der Waals surface area contributed by atoms with Crippen LogP contribution in [0.2, 0.25) is 5.02 Å². The predicted molar refractivity (Wildman–Crippen MR) is 95.2 cm³/mol. The number of amides is 1. The molecule has 10 heteroatoms. The molecule has 3 aromatic rings. The Balaban J connectivity index is 1.56. The van der Waals surface area contributed by atoms with Crippen LogP contribution in [0.3, 0.4) is 0 Å². The molecule has 0 spiro atoms. The fourth-order valence-electron chi connectivity index (χ4n) is 2.35. The number of hydrogen-bond donors (Lipinski definition) is 2. The highest BCUT2D eigenvalue weighted by Crippen LogP contribution is 2.20. The summed E-state index contributed by atoms with van der Waals surface area (Å²) in [6.45, 7) is 0.591. The SMILES string of the molecule is O=C(CCn1ccc(C(=O)O)n1)Nc1nn(Cc2ccc(F)cc2)cc1Cl. The van der Waals surface area contributed by atoms with Gasteiger partial charge in [-0.1, -0.05) is 23.7 Å². The van der Waals surface area contributed by atoms with Crippen LogP contribution in [-0.4, -0.2) is 36.5 Å². The number of aromatic nitrogens is 4. The van der Waals surface area contributed by atoms with E-state index in [1.54, 1.807) is 18.3 Å². The van der Waals surface area contributed by atoms with Crippen molar-refractivity contribution in [2.45, 2.75) is 19.5 Å². The molecule has 0 unspecified atom stereocenters. The molecule has 0 atom stereocenters. The molecule has 2 heterocycles. The number of aromatic carboxylic acids is 1. The average molecular weight is 392 g/mol. The third-order valence-electron chi connectivity index (χ3n) is 3.66. The standard InChI is InChI=1S/C17H15ClFN5O3/c18-13-10-24(9-11-1-3-12(19)4-2-11)22-16(13)20-15(25)6-8-23-7-5-14(21-23)17(26)27/h1-5,7,10H,6,8-9H2,(H,26,27)(H,20,22,25). The minimum Gasteiger partial charge on any atom is -0.476 e. The Morgan fingerprint density at radius 1 is 1.15 bits per heavy atom. The second-order valence-corrected chi connectivity index (χ2v) is 6.12. The highest BCUT2D eigenvalue weighted by Gasteiger charge is 2.12. The fraction of sp³-hybridized carbons (Fsp3) is 0.176. The molecular formula is C17H15ClFN5O3. The first-order valence-electron chi connectivity index (χ1n) is 7.95. The summed E-state index contributed by atoms with van der Waals surface area (Å²) < 4.78 is 15.9. The summed E-state index contributed by atoms with van der Waals surface area (Å²) in [6.07, 6.45) is 3.12. The van der Waals surface area contributed by atoms with Crippen molar-refractivity contribution in [1.29, 1.82) is 0 Å². The Morgan fingerprint density at radius 3 is 2.56 bits per heavy atom. The van der Waals surface area contributed by atoms with Crippen LogP contribution < -0.4 is 5.32 Å². The molecule has 8 nitrogen and oxygen atoms in total. The predicted octanol–water partition coefficient (Wildman–Crippen LogP) is 2.65. The maximum absolute atomic E-state index is 12.9. The first-order chi connectivity index (χ1) is 12.9. The highest BCUT2D eigenvalue weighted by atomic mass is 35.5. The zero-order valence-corrected chi connectivity index (χ0v) is 14.7. The van der Waals surface area contributed by atoms with E-state index in [2.05, 4.69) is 15.5 Å². The van der Waals surface area contributed by atoms with Gasteiger partial charge in [0.1, 0.15) is 10.8 Å². The van der Waals surface area contributed by atoms with E-state index in [0.717, 1.165) is 5.56 Å². The largest absolute Gasteiger partial charge is 0.476 e. The molecule has 27 heavy (non-hydrogen) atoms. The van der Waals surface area contributed by atoms with Gasteiger partial charge in [0.2, 0.25) is 5.91 Å². The lowest BCUT2D eigenvalue weighted by atomic mass is 10.2. The Hall–Kier alpha value is -3.20. The van der Waals surface area contributed by atoms with E-state index >= 15 is 0 Å². The number of carbonyl (C=O) groups excluding carboxylic acids is 1. The second-order valence-electron chi connectivity index (χ2n) is 5.72. The van der Waals surface area contributed by atoms with Crippen LogP contribution in [0.25, 0.3) is 0 Å². The Morgan fingerprint density at radius 2 is 1.89 bits per heavy atom. The van der Waals surface area contributed by atoms with Gasteiger partial charge in [-0.2, -0.15) is 10.2 Å². The molecule has 0 aliphatic rings. The van der Waals surface area contributed by atoms with Crippen LogP contribution in [-0.2, 0) is 17.9 Å². The summed E-state index contributed by atoms with van der Waals surface area (Å²) in [5.74, 6) is -1.57. The molecular weight excluding hydrogens is 377 g/mol. The number of anilines is 1. The van der Waals surface area contributed by atoms with Crippen molar-refractivity contribution < 1.29 is 19.1 Å². The van der Waals surface area contributed by atoms with Gasteiger partial charge in [-0.05, 0) is 23.8 Å². The molecule has 0 aliphatic carbocycles. The number of nitrogens with one attached hydrogen (secondary N) is 1. The molecule has 2 N–H and O–H groups in total. The van der Waals surface area contributed by atoms with Crippen molar-refractivity contribution >= 4 is 29.3 Å². The van der Waals surface area contributed by atoms with Gasteiger partial charge < -0.3 is 10.4 Å². The first-order valence-corrected chi connectivity index (χ1v) is 8.32. The van der Waals surface area contributed by atoms with Crippen molar-refractivity contribution in [3.8, 4) is 0 Å². The first kappa shape index (κ1) is 18.6. The number of carboxylic acids is 1. The van der Waals surface area contributed by atoms with Crippen molar-refractivity contribution in [3.05, 3.63) is 64.8 Å². The maximum atomic E-state index is 12.9. The maximum Gasteiger partial charge on any atom is 0.356 e. The number of aryl methyl sites for hydroxylation is 1. The molecule has 140 valence electrons. The molecule has 0 fully saturated rings. The monoisotopic (exact) mass is 391 g/mol. The van der Waals surface area contributed by atoms with Gasteiger partial charge in [0, 0.05) is 25.4 Å². The summed E-state index contributed by atoms with van der Waals surface area (Å²) >= 11 is 6.09. The summed E-state index contributed by atoms with van der Waals surface area (Å²) in [5.41, 5.74) is 0.749. The van der Waals surface area contributed by atoms with E-state index in [4.69, 9.17) is 16.7 Å². The van der Waals surface area contributed by atoms with E-state index in [1.807, 2.05) is 0 Å². The van der Waals surface area contributed by atoms with Crippen molar-refractivity contribution in [1.82, 2.24) is 19.6 Å². The van der Waals surface area contributed by atoms with Crippen LogP contribution in [0.5, 0.6) is 0 Å². The van der Waals surface area contributed by atoms with Crippen molar-refractivity contribution in [2.75, 3.05) is 5.32 Å². The zero-order valence-electron chi connectivity index (χ0n) is 14.0.